The third kappa shape index (κ3) is 8.48. The van der Waals surface area contributed by atoms with E-state index < -0.39 is 64.4 Å². The molecule has 2 aliphatic heterocycles. The van der Waals surface area contributed by atoms with Crippen LogP contribution in [0.5, 0.6) is 11.5 Å². The molecule has 3 aliphatic rings. The highest BCUT2D eigenvalue weighted by Gasteiger charge is 2.42. The number of nitrogens with zero attached hydrogens (tertiary/aromatic N) is 5. The van der Waals surface area contributed by atoms with E-state index in [9.17, 15) is 39.0 Å². The first-order chi connectivity index (χ1) is 33.3. The Balaban J connectivity index is 1.07. The number of hydrogen-bond acceptors (Lipinski definition) is 10. The van der Waals surface area contributed by atoms with E-state index in [1.54, 1.807) is 36.1 Å². The first-order valence-corrected chi connectivity index (χ1v) is 23.4. The summed E-state index contributed by atoms with van der Waals surface area (Å²) in [6.07, 6.45) is 2.16. The van der Waals surface area contributed by atoms with E-state index in [0.717, 1.165) is 17.7 Å². The van der Waals surface area contributed by atoms with Crippen LogP contribution >= 0.6 is 0 Å². The number of aromatic hydroxyl groups is 1. The highest BCUT2D eigenvalue weighted by atomic mass is 19.1. The Morgan fingerprint density at radius 1 is 0.943 bits per heavy atom. The van der Waals surface area contributed by atoms with Crippen LogP contribution in [0.15, 0.2) is 82.5 Å². The number of carbonyl (C=O) groups excluding carboxylic acids is 3. The molecule has 4 heterocycles. The van der Waals surface area contributed by atoms with Gasteiger partial charge >= 0.3 is 11.8 Å². The van der Waals surface area contributed by atoms with Gasteiger partial charge in [-0.15, -0.1) is 0 Å². The molecule has 0 spiro atoms. The molecule has 4 aromatic carbocycles. The fourth-order valence-electron chi connectivity index (χ4n) is 10.7. The Bertz CT molecular complexity index is 3250. The number of rotatable bonds is 10. The molecule has 16 nitrogen and oxygen atoms in total. The molecule has 2 atom stereocenters. The van der Waals surface area contributed by atoms with Gasteiger partial charge in [-0.2, -0.15) is 4.98 Å². The van der Waals surface area contributed by atoms with Gasteiger partial charge < -0.3 is 30.5 Å². The molecule has 6 aromatic rings. The number of phenols is 1. The molecular weight excluding hydrogens is 905 g/mol. The van der Waals surface area contributed by atoms with E-state index in [-0.39, 0.29) is 84.3 Å². The van der Waals surface area contributed by atoms with Gasteiger partial charge in [-0.1, -0.05) is 50.2 Å². The molecule has 4 amide bonds. The largest absolute Gasteiger partial charge is 0.507 e. The first kappa shape index (κ1) is 47.4. The lowest BCUT2D eigenvalue weighted by Gasteiger charge is -2.39. The number of anilines is 1. The average molecular weight is 958 g/mol. The molecule has 5 N–H and O–H groups in total. The molecule has 364 valence electrons. The zero-order valence-electron chi connectivity index (χ0n) is 39.1. The van der Waals surface area contributed by atoms with Crippen LogP contribution in [0.25, 0.3) is 38.5 Å². The molecule has 9 rings (SSSR count). The van der Waals surface area contributed by atoms with E-state index >= 15 is 8.78 Å². The summed E-state index contributed by atoms with van der Waals surface area (Å²) in [5.41, 5.74) is 6.21. The molecule has 1 saturated carbocycles. The molecule has 2 saturated heterocycles. The average Bonchev–Trinajstić information content (AvgIpc) is 3.31. The van der Waals surface area contributed by atoms with Crippen molar-refractivity contribution >= 4 is 51.3 Å². The number of hydrogen-bond donors (Lipinski definition) is 4. The van der Waals surface area contributed by atoms with Crippen LogP contribution in [0.4, 0.5) is 19.4 Å². The number of primary amides is 1. The van der Waals surface area contributed by atoms with Gasteiger partial charge in [-0.05, 0) is 105 Å². The molecular formula is C52H53F2N7O9. The number of benzene rings is 4. The number of nitrogens with two attached hydrogens (primary N) is 1. The minimum Gasteiger partial charge on any atom is -0.507 e. The number of fused-ring (bicyclic) bond motifs is 2. The maximum Gasteiger partial charge on any atom is 0.407 e. The van der Waals surface area contributed by atoms with Crippen molar-refractivity contribution in [1.82, 2.24) is 24.3 Å². The van der Waals surface area contributed by atoms with Crippen LogP contribution in [0.1, 0.15) is 87.9 Å². The van der Waals surface area contributed by atoms with Gasteiger partial charge in [-0.25, -0.2) is 18.4 Å². The Morgan fingerprint density at radius 3 is 2.33 bits per heavy atom. The number of pyridine rings is 1. The molecule has 1 aliphatic carbocycles. The second-order valence-electron chi connectivity index (χ2n) is 19.2. The van der Waals surface area contributed by atoms with Gasteiger partial charge in [0.1, 0.15) is 35.0 Å². The van der Waals surface area contributed by atoms with E-state index in [4.69, 9.17) is 10.5 Å². The number of piperidine rings is 1. The zero-order valence-corrected chi connectivity index (χ0v) is 39.1. The zero-order chi connectivity index (χ0) is 49.9. The maximum atomic E-state index is 16.4. The molecule has 70 heavy (non-hydrogen) atoms. The van der Waals surface area contributed by atoms with Crippen molar-refractivity contribution in [3.8, 4) is 28.3 Å². The summed E-state index contributed by atoms with van der Waals surface area (Å²) >= 11 is 0. The summed E-state index contributed by atoms with van der Waals surface area (Å²) in [7, 11) is 0. The lowest BCUT2D eigenvalue weighted by Crippen LogP contribution is -2.54. The second kappa shape index (κ2) is 18.4. The summed E-state index contributed by atoms with van der Waals surface area (Å²) in [5.74, 6) is -3.40. The minimum atomic E-state index is -1.09. The van der Waals surface area contributed by atoms with Crippen LogP contribution in [-0.4, -0.2) is 84.8 Å². The van der Waals surface area contributed by atoms with Gasteiger partial charge in [0.2, 0.25) is 17.7 Å². The van der Waals surface area contributed by atoms with Crippen LogP contribution in [0.3, 0.4) is 0 Å². The number of nitrogens with one attached hydrogen (secondary N) is 1. The second-order valence-corrected chi connectivity index (χ2v) is 19.2. The van der Waals surface area contributed by atoms with Crippen LogP contribution < -0.4 is 31.9 Å². The number of carboxylic acid groups (broad SMARTS) is 1. The van der Waals surface area contributed by atoms with Crippen molar-refractivity contribution in [3.05, 3.63) is 122 Å². The summed E-state index contributed by atoms with van der Waals surface area (Å²) in [6, 6.07) is 15.5. The maximum absolute atomic E-state index is 16.4. The summed E-state index contributed by atoms with van der Waals surface area (Å²) in [5, 5.41) is 24.0. The van der Waals surface area contributed by atoms with Gasteiger partial charge in [0.05, 0.1) is 39.9 Å². The number of amides is 4. The van der Waals surface area contributed by atoms with Gasteiger partial charge in [0, 0.05) is 48.4 Å². The van der Waals surface area contributed by atoms with Gasteiger partial charge in [0.25, 0.3) is 5.56 Å². The van der Waals surface area contributed by atoms with Crippen molar-refractivity contribution in [2.75, 3.05) is 24.5 Å². The molecule has 3 fully saturated rings. The Morgan fingerprint density at radius 2 is 1.67 bits per heavy atom. The van der Waals surface area contributed by atoms with E-state index in [1.807, 2.05) is 32.9 Å². The summed E-state index contributed by atoms with van der Waals surface area (Å²) in [6.45, 7) is 7.86. The molecule has 1 unspecified atom stereocenters. The lowest BCUT2D eigenvalue weighted by atomic mass is 9.68. The fraction of sp³-hybridized carbons (Fsp3) is 0.365. The molecule has 18 heteroatoms. The van der Waals surface area contributed by atoms with Crippen molar-refractivity contribution in [2.24, 2.45) is 11.1 Å². The summed E-state index contributed by atoms with van der Waals surface area (Å²) < 4.78 is 41.2. The van der Waals surface area contributed by atoms with Crippen molar-refractivity contribution in [3.63, 3.8) is 0 Å². The van der Waals surface area contributed by atoms with Gasteiger partial charge in [-0.3, -0.25) is 33.6 Å². The van der Waals surface area contributed by atoms with Crippen molar-refractivity contribution < 1.29 is 42.9 Å². The number of carbonyl (C=O) groups is 4. The van der Waals surface area contributed by atoms with Crippen LogP contribution in [0, 0.1) is 24.0 Å². The normalized spacial score (nSPS) is 20.8. The predicted molar refractivity (Wildman–Crippen MR) is 257 cm³/mol. The smallest absolute Gasteiger partial charge is 0.407 e. The topological polar surface area (TPSA) is 219 Å². The number of piperazine rings is 1. The molecule has 2 aromatic heterocycles. The van der Waals surface area contributed by atoms with Crippen molar-refractivity contribution in [2.45, 2.75) is 96.7 Å². The van der Waals surface area contributed by atoms with Crippen LogP contribution in [0.2, 0.25) is 0 Å². The highest BCUT2D eigenvalue weighted by molar-refractivity contribution is 6.00. The molecule has 0 radical (unpaired) electrons. The Labute approximate surface area is 400 Å². The van der Waals surface area contributed by atoms with Crippen molar-refractivity contribution in [1.29, 1.82) is 0 Å². The number of imide groups is 1. The number of ether oxygens (including phenoxy) is 1. The number of halogens is 2. The lowest BCUT2D eigenvalue weighted by molar-refractivity contribution is -0.136. The number of phenolic OH excluding ortho intramolecular Hbond substituents is 1. The number of aryl methyl sites for hydroxylation is 1. The Kier molecular flexibility index (Phi) is 12.4. The third-order valence-corrected chi connectivity index (χ3v) is 14.3. The third-order valence-electron chi connectivity index (χ3n) is 14.3. The molecule has 0 bridgehead atoms. The Hall–Kier alpha value is -7.63. The summed E-state index contributed by atoms with van der Waals surface area (Å²) in [4.78, 5) is 86.1. The van der Waals surface area contributed by atoms with E-state index in [0.29, 0.717) is 59.0 Å². The predicted octanol–water partition coefficient (Wildman–Crippen LogP) is 6.99. The van der Waals surface area contributed by atoms with Gasteiger partial charge in [0.15, 0.2) is 0 Å². The quantitative estimate of drug-likeness (QED) is 0.103. The monoisotopic (exact) mass is 957 g/mol. The SMILES string of the molecule is Cc1cc(CC2(C(N)=O)CCC(Oc3cn(C4CCC(=O)NC4=O)c(=O)c4ccccc34)CC2)cc(C(C)C)c1-n1c(=O)nc(N2CCN(C(=O)O)C[C@@H]2C)c2cc(F)c(-c3c(O)cccc3F)cc21. The number of aromatic nitrogens is 3. The first-order valence-electron chi connectivity index (χ1n) is 23.4. The van der Waals surface area contributed by atoms with E-state index in [2.05, 4.69) is 10.3 Å². The standard InChI is InChI=1S/C52H53F2N7O9/c1-27(2)34-21-30(24-52(49(55)66)16-14-31(15-17-52)70-42-26-60(39-12-13-43(63)56-47(39)64)48(65)33-9-6-5-8-32(33)42)20-28(3)45(34)61-40-23-35(44-37(53)10-7-11-41(44)62)38(54)22-36(40)46(57-50(61)67)59-19-18-58(51(68)69)25-29(59)4/h5-11,20-23,26-27,29,31,39,62H,12-19,24-25H2,1-4H3,(H2,55,66)(H,68,69)(H,56,63,64)/t29-,31?,39?,52?/m0/s1. The van der Waals surface area contributed by atoms with Crippen LogP contribution in [-0.2, 0) is 20.8 Å². The minimum absolute atomic E-state index is 0.0891. The van der Waals surface area contributed by atoms with E-state index in [1.165, 1.54) is 38.4 Å². The highest BCUT2D eigenvalue weighted by Crippen LogP contribution is 2.44. The fourth-order valence-corrected chi connectivity index (χ4v) is 10.7.